The van der Waals surface area contributed by atoms with E-state index in [1.54, 1.807) is 25.7 Å². The Labute approximate surface area is 188 Å². The molecule has 1 aromatic heterocycles. The number of likely N-dealkylation sites (tertiary alicyclic amines) is 1. The fourth-order valence-corrected chi connectivity index (χ4v) is 3.56. The van der Waals surface area contributed by atoms with Crippen molar-refractivity contribution in [3.63, 3.8) is 0 Å². The number of halogens is 3. The van der Waals surface area contributed by atoms with Crippen molar-refractivity contribution in [1.82, 2.24) is 14.9 Å². The molecule has 180 valence electrons. The van der Waals surface area contributed by atoms with Crippen LogP contribution in [0.4, 0.5) is 23.9 Å². The van der Waals surface area contributed by atoms with E-state index >= 15 is 0 Å². The van der Waals surface area contributed by atoms with Crippen LogP contribution in [0.2, 0.25) is 0 Å². The number of aromatic nitrogens is 2. The van der Waals surface area contributed by atoms with Crippen LogP contribution in [0.1, 0.15) is 71.6 Å². The predicted octanol–water partition coefficient (Wildman–Crippen LogP) is 5.84. The van der Waals surface area contributed by atoms with E-state index in [4.69, 9.17) is 4.74 Å². The van der Waals surface area contributed by atoms with E-state index in [0.717, 1.165) is 25.5 Å². The zero-order chi connectivity index (χ0) is 23.9. The molecule has 1 amide bonds. The number of anilines is 1. The number of hydrogen-bond acceptors (Lipinski definition) is 5. The van der Waals surface area contributed by atoms with Gasteiger partial charge in [0.25, 0.3) is 0 Å². The first-order valence-electron chi connectivity index (χ1n) is 11.2. The van der Waals surface area contributed by atoms with Gasteiger partial charge in [0.1, 0.15) is 5.60 Å². The van der Waals surface area contributed by atoms with Crippen molar-refractivity contribution in [3.05, 3.63) is 29.6 Å². The van der Waals surface area contributed by atoms with Gasteiger partial charge in [0, 0.05) is 25.3 Å². The molecule has 2 atom stereocenters. The van der Waals surface area contributed by atoms with Gasteiger partial charge in [-0.2, -0.15) is 13.2 Å². The van der Waals surface area contributed by atoms with Gasteiger partial charge >= 0.3 is 12.3 Å². The van der Waals surface area contributed by atoms with Crippen molar-refractivity contribution in [1.29, 1.82) is 0 Å². The number of hydrogen-bond donors (Lipinski definition) is 1. The van der Waals surface area contributed by atoms with Crippen molar-refractivity contribution >= 4 is 12.0 Å². The second-order valence-corrected chi connectivity index (χ2v) is 9.39. The summed E-state index contributed by atoms with van der Waals surface area (Å²) in [4.78, 5) is 22.1. The van der Waals surface area contributed by atoms with Crippen LogP contribution in [0.15, 0.2) is 18.3 Å². The zero-order valence-electron chi connectivity index (χ0n) is 19.6. The molecule has 0 spiro atoms. The Morgan fingerprint density at radius 3 is 2.69 bits per heavy atom. The van der Waals surface area contributed by atoms with E-state index < -0.39 is 23.4 Å². The summed E-state index contributed by atoms with van der Waals surface area (Å²) in [6.45, 7) is 10.3. The molecule has 0 unspecified atom stereocenters. The fourth-order valence-electron chi connectivity index (χ4n) is 3.56. The molecule has 1 aliphatic rings. The van der Waals surface area contributed by atoms with E-state index in [1.807, 2.05) is 26.0 Å². The second kappa shape index (κ2) is 11.0. The van der Waals surface area contributed by atoms with E-state index in [2.05, 4.69) is 15.3 Å². The highest BCUT2D eigenvalue weighted by molar-refractivity contribution is 5.68. The molecule has 1 aromatic rings. The van der Waals surface area contributed by atoms with Crippen LogP contribution in [0.5, 0.6) is 0 Å². The lowest BCUT2D eigenvalue weighted by atomic mass is 9.98. The summed E-state index contributed by atoms with van der Waals surface area (Å²) < 4.78 is 45.9. The largest absolute Gasteiger partial charge is 0.444 e. The number of carbonyl (C=O) groups is 1. The summed E-state index contributed by atoms with van der Waals surface area (Å²) in [6, 6.07) is -0.161. The number of rotatable bonds is 7. The van der Waals surface area contributed by atoms with Crippen LogP contribution in [0.3, 0.4) is 0 Å². The highest BCUT2D eigenvalue weighted by Crippen LogP contribution is 2.32. The van der Waals surface area contributed by atoms with E-state index in [9.17, 15) is 18.0 Å². The highest BCUT2D eigenvalue weighted by Gasteiger charge is 2.35. The summed E-state index contributed by atoms with van der Waals surface area (Å²) in [7, 11) is 0. The second-order valence-electron chi connectivity index (χ2n) is 9.39. The van der Waals surface area contributed by atoms with Crippen molar-refractivity contribution in [3.8, 4) is 0 Å². The quantitative estimate of drug-likeness (QED) is 0.522. The van der Waals surface area contributed by atoms with Crippen LogP contribution in [-0.2, 0) is 17.3 Å². The third kappa shape index (κ3) is 8.31. The molecule has 1 saturated heterocycles. The molecule has 0 radical (unpaired) electrons. The Bertz CT molecular complexity index is 790. The van der Waals surface area contributed by atoms with Crippen molar-refractivity contribution in [2.24, 2.45) is 5.92 Å². The number of nitrogens with zero attached hydrogens (tertiary/aromatic N) is 3. The molecule has 1 fully saturated rings. The van der Waals surface area contributed by atoms with E-state index in [1.165, 1.54) is 0 Å². The molecule has 0 aliphatic carbocycles. The molecule has 0 bridgehead atoms. The SMILES string of the molecule is CC/C=C\C[C@H](C)Cc1nc(N[C@H]2CCCN(C(=O)OC(C)(C)C)C2)ncc1C(F)(F)F. The molecule has 1 N–H and O–H groups in total. The van der Waals surface area contributed by atoms with Gasteiger partial charge in [-0.05, 0) is 58.8 Å². The Morgan fingerprint density at radius 1 is 1.34 bits per heavy atom. The van der Waals surface area contributed by atoms with Gasteiger partial charge in [-0.3, -0.25) is 0 Å². The van der Waals surface area contributed by atoms with Crippen molar-refractivity contribution in [2.45, 2.75) is 84.5 Å². The van der Waals surface area contributed by atoms with Crippen molar-refractivity contribution < 1.29 is 22.7 Å². The van der Waals surface area contributed by atoms with Crippen LogP contribution >= 0.6 is 0 Å². The number of alkyl halides is 3. The first-order valence-corrected chi connectivity index (χ1v) is 11.2. The molecule has 2 rings (SSSR count). The molecule has 1 aliphatic heterocycles. The van der Waals surface area contributed by atoms with Crippen LogP contribution in [0.25, 0.3) is 0 Å². The van der Waals surface area contributed by atoms with Crippen molar-refractivity contribution in [2.75, 3.05) is 18.4 Å². The smallest absolute Gasteiger partial charge is 0.419 e. The maximum Gasteiger partial charge on any atom is 0.419 e. The lowest BCUT2D eigenvalue weighted by molar-refractivity contribution is -0.138. The summed E-state index contributed by atoms with van der Waals surface area (Å²) in [5, 5.41) is 3.12. The molecule has 2 heterocycles. The van der Waals surface area contributed by atoms with Crippen LogP contribution in [0, 0.1) is 5.92 Å². The number of amides is 1. The Balaban J connectivity index is 2.12. The van der Waals surface area contributed by atoms with Gasteiger partial charge in [-0.1, -0.05) is 26.0 Å². The van der Waals surface area contributed by atoms with E-state index in [-0.39, 0.29) is 30.0 Å². The Hall–Kier alpha value is -2.32. The minimum Gasteiger partial charge on any atom is -0.444 e. The van der Waals surface area contributed by atoms with Crippen LogP contribution < -0.4 is 5.32 Å². The molecule has 32 heavy (non-hydrogen) atoms. The summed E-state index contributed by atoms with van der Waals surface area (Å²) in [5.74, 6) is 0.166. The standard InChI is InChI=1S/C23H35F3N4O2/c1-6-7-8-10-16(2)13-19-18(23(24,25)26)14-27-20(29-19)28-17-11-9-12-30(15-17)21(31)32-22(3,4)5/h7-8,14,16-17H,6,9-13,15H2,1-5H3,(H,27,28,29)/b8-7-/t16-,17-/m0/s1. The predicted molar refractivity (Wildman–Crippen MR) is 118 cm³/mol. The number of piperidine rings is 1. The van der Waals surface area contributed by atoms with Gasteiger partial charge in [0.2, 0.25) is 5.95 Å². The summed E-state index contributed by atoms with van der Waals surface area (Å²) in [6.07, 6.45) is 3.25. The fraction of sp³-hybridized carbons (Fsp3) is 0.696. The van der Waals surface area contributed by atoms with Gasteiger partial charge in [0.05, 0.1) is 11.3 Å². The zero-order valence-corrected chi connectivity index (χ0v) is 19.6. The topological polar surface area (TPSA) is 67.4 Å². The third-order valence-corrected chi connectivity index (χ3v) is 5.06. The molecular formula is C23H35F3N4O2. The van der Waals surface area contributed by atoms with Gasteiger partial charge in [-0.25, -0.2) is 14.8 Å². The number of ether oxygens (including phenoxy) is 1. The lowest BCUT2D eigenvalue weighted by Crippen LogP contribution is -2.47. The maximum atomic E-state index is 13.5. The molecule has 6 nitrogen and oxygen atoms in total. The first-order chi connectivity index (χ1) is 14.9. The van der Waals surface area contributed by atoms with Gasteiger partial charge in [0.15, 0.2) is 0 Å². The van der Waals surface area contributed by atoms with Gasteiger partial charge < -0.3 is 15.0 Å². The Kier molecular flexibility index (Phi) is 8.92. The molecule has 0 saturated carbocycles. The normalized spacial score (nSPS) is 18.6. The number of nitrogens with one attached hydrogen (secondary N) is 1. The first kappa shape index (κ1) is 25.9. The molecule has 0 aromatic carbocycles. The van der Waals surface area contributed by atoms with Gasteiger partial charge in [-0.15, -0.1) is 0 Å². The van der Waals surface area contributed by atoms with E-state index in [0.29, 0.717) is 19.5 Å². The molecular weight excluding hydrogens is 421 g/mol. The lowest BCUT2D eigenvalue weighted by Gasteiger charge is -2.34. The number of allylic oxidation sites excluding steroid dienone is 2. The highest BCUT2D eigenvalue weighted by atomic mass is 19.4. The average molecular weight is 457 g/mol. The monoisotopic (exact) mass is 456 g/mol. The van der Waals surface area contributed by atoms with Crippen LogP contribution in [-0.4, -0.2) is 45.7 Å². The minimum absolute atomic E-state index is 0.00722. The summed E-state index contributed by atoms with van der Waals surface area (Å²) in [5.41, 5.74) is -1.40. The minimum atomic E-state index is -4.51. The maximum absolute atomic E-state index is 13.5. The summed E-state index contributed by atoms with van der Waals surface area (Å²) >= 11 is 0. The molecule has 9 heteroatoms. The Morgan fingerprint density at radius 2 is 2.06 bits per heavy atom. The number of carbonyl (C=O) groups excluding carboxylic acids is 1. The third-order valence-electron chi connectivity index (χ3n) is 5.06. The average Bonchev–Trinajstić information content (AvgIpc) is 2.66.